The van der Waals surface area contributed by atoms with Crippen molar-refractivity contribution >= 4 is 5.97 Å². The van der Waals surface area contributed by atoms with E-state index in [1.165, 1.54) is 6.92 Å². The van der Waals surface area contributed by atoms with Gasteiger partial charge in [0.15, 0.2) is 0 Å². The number of hydrogen-bond acceptors (Lipinski definition) is 2. The summed E-state index contributed by atoms with van der Waals surface area (Å²) in [7, 11) is 0. The first-order valence-electron chi connectivity index (χ1n) is 4.00. The van der Waals surface area contributed by atoms with Crippen LogP contribution in [0.3, 0.4) is 0 Å². The van der Waals surface area contributed by atoms with Gasteiger partial charge in [-0.15, -0.1) is 0 Å². The molecule has 2 atom stereocenters. The van der Waals surface area contributed by atoms with Gasteiger partial charge in [-0.3, -0.25) is 4.79 Å². The number of rotatable bonds is 5. The minimum atomic E-state index is -0.895. The normalized spacial score (nSPS) is 15.9. The Morgan fingerprint density at radius 2 is 2.09 bits per heavy atom. The van der Waals surface area contributed by atoms with E-state index in [4.69, 9.17) is 10.2 Å². The molecular formula is C8H16O3. The van der Waals surface area contributed by atoms with Crippen LogP contribution in [0.4, 0.5) is 0 Å². The Bertz CT molecular complexity index is 121. The van der Waals surface area contributed by atoms with Crippen LogP contribution >= 0.6 is 0 Å². The molecule has 0 radical (unpaired) electrons. The molecule has 0 unspecified atom stereocenters. The van der Waals surface area contributed by atoms with E-state index in [0.717, 1.165) is 12.8 Å². The number of carbonyl (C=O) groups is 1. The lowest BCUT2D eigenvalue weighted by atomic mass is 9.97. The summed E-state index contributed by atoms with van der Waals surface area (Å²) in [6.07, 6.45) is 1.67. The molecule has 3 heteroatoms. The molecule has 0 saturated carbocycles. The van der Waals surface area contributed by atoms with Gasteiger partial charge in [0.2, 0.25) is 0 Å². The van der Waals surface area contributed by atoms with Crippen molar-refractivity contribution in [1.82, 2.24) is 0 Å². The van der Waals surface area contributed by atoms with Gasteiger partial charge < -0.3 is 10.2 Å². The molecule has 0 aromatic carbocycles. The second kappa shape index (κ2) is 5.13. The maximum atomic E-state index is 10.5. The smallest absolute Gasteiger partial charge is 0.309 e. The molecule has 0 spiro atoms. The Morgan fingerprint density at radius 3 is 2.36 bits per heavy atom. The highest BCUT2D eigenvalue weighted by molar-refractivity contribution is 5.70. The molecule has 0 fully saturated rings. The zero-order valence-electron chi connectivity index (χ0n) is 7.08. The fraction of sp³-hybridized carbons (Fsp3) is 0.875. The van der Waals surface area contributed by atoms with Crippen LogP contribution in [0, 0.1) is 5.92 Å². The average Bonchev–Trinajstić information content (AvgIpc) is 1.87. The summed E-state index contributed by atoms with van der Waals surface area (Å²) in [4.78, 5) is 10.5. The molecule has 0 bridgehead atoms. The van der Waals surface area contributed by atoms with E-state index in [0.29, 0.717) is 6.42 Å². The predicted octanol–water partition coefficient (Wildman–Crippen LogP) is 1.26. The summed E-state index contributed by atoms with van der Waals surface area (Å²) in [6, 6.07) is 0. The van der Waals surface area contributed by atoms with Crippen molar-refractivity contribution in [3.05, 3.63) is 0 Å². The van der Waals surface area contributed by atoms with Crippen molar-refractivity contribution < 1.29 is 15.0 Å². The van der Waals surface area contributed by atoms with E-state index in [-0.39, 0.29) is 0 Å². The van der Waals surface area contributed by atoms with E-state index < -0.39 is 18.0 Å². The molecule has 0 aromatic heterocycles. The molecule has 0 aliphatic heterocycles. The van der Waals surface area contributed by atoms with Gasteiger partial charge in [0, 0.05) is 0 Å². The number of aliphatic carboxylic acids is 1. The van der Waals surface area contributed by atoms with Crippen LogP contribution in [-0.4, -0.2) is 22.3 Å². The Kier molecular flexibility index (Phi) is 4.86. The van der Waals surface area contributed by atoms with Crippen LogP contribution in [0.25, 0.3) is 0 Å². The molecule has 0 aliphatic carbocycles. The molecule has 0 saturated heterocycles. The molecule has 0 heterocycles. The Hall–Kier alpha value is -0.570. The fourth-order valence-corrected chi connectivity index (χ4v) is 0.995. The third-order valence-electron chi connectivity index (χ3n) is 1.77. The van der Waals surface area contributed by atoms with Crippen LogP contribution in [-0.2, 0) is 4.79 Å². The highest BCUT2D eigenvalue weighted by atomic mass is 16.4. The Morgan fingerprint density at radius 1 is 1.55 bits per heavy atom. The van der Waals surface area contributed by atoms with Gasteiger partial charge in [0.05, 0.1) is 12.0 Å². The lowest BCUT2D eigenvalue weighted by Gasteiger charge is -2.13. The van der Waals surface area contributed by atoms with E-state index in [9.17, 15) is 4.79 Å². The summed E-state index contributed by atoms with van der Waals surface area (Å²) < 4.78 is 0. The Balaban J connectivity index is 3.80. The summed E-state index contributed by atoms with van der Waals surface area (Å²) >= 11 is 0. The molecule has 0 rings (SSSR count). The van der Waals surface area contributed by atoms with Gasteiger partial charge >= 0.3 is 5.97 Å². The predicted molar refractivity (Wildman–Crippen MR) is 42.3 cm³/mol. The lowest BCUT2D eigenvalue weighted by molar-refractivity contribution is -0.145. The number of aliphatic hydroxyl groups excluding tert-OH is 1. The standard InChI is InChI=1S/C8H16O3/c1-3-4-5-7(6(2)9)8(10)11/h6-7,9H,3-5H2,1-2H3,(H,10,11)/t6-,7-/m0/s1. The van der Waals surface area contributed by atoms with Gasteiger partial charge in [0.1, 0.15) is 0 Å². The first-order chi connectivity index (χ1) is 5.09. The number of carboxylic acids is 1. The third kappa shape index (κ3) is 3.98. The minimum absolute atomic E-state index is 0.573. The number of carboxylic acid groups (broad SMARTS) is 1. The topological polar surface area (TPSA) is 57.5 Å². The van der Waals surface area contributed by atoms with Crippen LogP contribution in [0.1, 0.15) is 33.1 Å². The van der Waals surface area contributed by atoms with Crippen molar-refractivity contribution in [2.45, 2.75) is 39.2 Å². The van der Waals surface area contributed by atoms with E-state index in [1.54, 1.807) is 0 Å². The molecule has 0 aliphatic rings. The summed E-state index contributed by atoms with van der Waals surface area (Å²) in [5, 5.41) is 17.6. The third-order valence-corrected chi connectivity index (χ3v) is 1.77. The van der Waals surface area contributed by atoms with Gasteiger partial charge in [-0.05, 0) is 13.3 Å². The van der Waals surface area contributed by atoms with Gasteiger partial charge in [-0.1, -0.05) is 19.8 Å². The lowest BCUT2D eigenvalue weighted by Crippen LogP contribution is -2.25. The monoisotopic (exact) mass is 160 g/mol. The van der Waals surface area contributed by atoms with Gasteiger partial charge in [-0.2, -0.15) is 0 Å². The summed E-state index contributed by atoms with van der Waals surface area (Å²) in [5.41, 5.74) is 0. The van der Waals surface area contributed by atoms with Gasteiger partial charge in [0.25, 0.3) is 0 Å². The van der Waals surface area contributed by atoms with Gasteiger partial charge in [-0.25, -0.2) is 0 Å². The highest BCUT2D eigenvalue weighted by Crippen LogP contribution is 2.12. The summed E-state index contributed by atoms with van der Waals surface area (Å²) in [5.74, 6) is -1.48. The molecule has 0 aromatic rings. The van der Waals surface area contributed by atoms with E-state index >= 15 is 0 Å². The maximum absolute atomic E-state index is 10.5. The largest absolute Gasteiger partial charge is 0.481 e. The van der Waals surface area contributed by atoms with Crippen molar-refractivity contribution in [2.75, 3.05) is 0 Å². The van der Waals surface area contributed by atoms with Crippen molar-refractivity contribution in [2.24, 2.45) is 5.92 Å². The molecule has 3 nitrogen and oxygen atoms in total. The van der Waals surface area contributed by atoms with Crippen molar-refractivity contribution in [1.29, 1.82) is 0 Å². The maximum Gasteiger partial charge on any atom is 0.309 e. The molecule has 66 valence electrons. The van der Waals surface area contributed by atoms with Crippen LogP contribution in [0.2, 0.25) is 0 Å². The highest BCUT2D eigenvalue weighted by Gasteiger charge is 2.21. The average molecular weight is 160 g/mol. The zero-order chi connectivity index (χ0) is 8.85. The summed E-state index contributed by atoms with van der Waals surface area (Å²) in [6.45, 7) is 3.52. The SMILES string of the molecule is CCCC[C@H](C(=O)O)[C@H](C)O. The van der Waals surface area contributed by atoms with Crippen molar-refractivity contribution in [3.8, 4) is 0 Å². The van der Waals surface area contributed by atoms with Crippen LogP contribution < -0.4 is 0 Å². The fourth-order valence-electron chi connectivity index (χ4n) is 0.995. The minimum Gasteiger partial charge on any atom is -0.481 e. The number of unbranched alkanes of at least 4 members (excludes halogenated alkanes) is 1. The number of aliphatic hydroxyl groups is 1. The zero-order valence-corrected chi connectivity index (χ0v) is 7.08. The van der Waals surface area contributed by atoms with E-state index in [1.807, 2.05) is 6.92 Å². The quantitative estimate of drug-likeness (QED) is 0.636. The van der Waals surface area contributed by atoms with Crippen molar-refractivity contribution in [3.63, 3.8) is 0 Å². The van der Waals surface area contributed by atoms with Crippen LogP contribution in [0.15, 0.2) is 0 Å². The second-order valence-electron chi connectivity index (χ2n) is 2.83. The molecular weight excluding hydrogens is 144 g/mol. The molecule has 0 amide bonds. The first kappa shape index (κ1) is 10.4. The molecule has 2 N–H and O–H groups in total. The Labute approximate surface area is 67.0 Å². The van der Waals surface area contributed by atoms with Crippen LogP contribution in [0.5, 0.6) is 0 Å². The first-order valence-corrected chi connectivity index (χ1v) is 4.00. The van der Waals surface area contributed by atoms with E-state index in [2.05, 4.69) is 0 Å². The second-order valence-corrected chi connectivity index (χ2v) is 2.83. The number of hydrogen-bond donors (Lipinski definition) is 2. The molecule has 11 heavy (non-hydrogen) atoms.